The van der Waals surface area contributed by atoms with E-state index in [4.69, 9.17) is 5.26 Å². The van der Waals surface area contributed by atoms with Crippen molar-refractivity contribution in [3.63, 3.8) is 0 Å². The van der Waals surface area contributed by atoms with Crippen LogP contribution in [0.5, 0.6) is 0 Å². The number of anilines is 1. The molecule has 0 saturated heterocycles. The van der Waals surface area contributed by atoms with E-state index in [1.54, 1.807) is 18.2 Å². The average Bonchev–Trinajstić information content (AvgIpc) is 2.89. The molecule has 7 heteroatoms. The molecule has 1 unspecified atom stereocenters. The summed E-state index contributed by atoms with van der Waals surface area (Å²) in [4.78, 5) is 24.9. The number of aliphatic hydroxyl groups is 1. The van der Waals surface area contributed by atoms with Crippen LogP contribution in [0.3, 0.4) is 0 Å². The molecule has 3 aromatic rings. The van der Waals surface area contributed by atoms with Gasteiger partial charge in [0.05, 0.1) is 18.7 Å². The molecule has 0 bridgehead atoms. The molecular weight excluding hydrogens is 460 g/mol. The molecule has 0 spiro atoms. The number of aliphatic hydroxyl groups excluding tert-OH is 1. The number of thioether (sulfide) groups is 1. The van der Waals surface area contributed by atoms with Gasteiger partial charge in [0.2, 0.25) is 0 Å². The number of hydrogen-bond donors (Lipinski definition) is 2. The van der Waals surface area contributed by atoms with Gasteiger partial charge in [0.25, 0.3) is 5.91 Å². The number of ether oxygens (including phenoxy) is 1. The van der Waals surface area contributed by atoms with Crippen LogP contribution in [-0.4, -0.2) is 35.9 Å². The normalized spacial score (nSPS) is 11.3. The monoisotopic (exact) mass is 490 g/mol. The minimum atomic E-state index is -1.22. The van der Waals surface area contributed by atoms with E-state index < -0.39 is 18.0 Å². The van der Waals surface area contributed by atoms with Crippen molar-refractivity contribution >= 4 is 46.2 Å². The minimum Gasteiger partial charge on any atom is -0.466 e. The van der Waals surface area contributed by atoms with Crippen LogP contribution in [0.4, 0.5) is 5.69 Å². The second-order valence-electron chi connectivity index (χ2n) is 7.39. The number of benzene rings is 3. The summed E-state index contributed by atoms with van der Waals surface area (Å²) >= 11 is 1.38. The molecule has 0 aliphatic rings. The fraction of sp³-hybridized carbons (Fsp3) is 0.250. The van der Waals surface area contributed by atoms with Gasteiger partial charge in [0, 0.05) is 22.4 Å². The van der Waals surface area contributed by atoms with Gasteiger partial charge in [-0.1, -0.05) is 44.2 Å². The van der Waals surface area contributed by atoms with Crippen LogP contribution in [-0.2, 0) is 14.3 Å². The zero-order valence-corrected chi connectivity index (χ0v) is 21.4. The molecule has 0 aliphatic heterocycles. The van der Waals surface area contributed by atoms with Gasteiger partial charge in [0.1, 0.15) is 6.10 Å². The lowest BCUT2D eigenvalue weighted by molar-refractivity contribution is -0.134. The highest BCUT2D eigenvalue weighted by Gasteiger charge is 2.18. The molecule has 3 aromatic carbocycles. The van der Waals surface area contributed by atoms with Crippen LogP contribution < -0.4 is 5.32 Å². The Hall–Kier alpha value is -3.60. The lowest BCUT2D eigenvalue weighted by Crippen LogP contribution is -2.30. The van der Waals surface area contributed by atoms with Crippen LogP contribution >= 0.6 is 11.8 Å². The van der Waals surface area contributed by atoms with Crippen LogP contribution in [0.25, 0.3) is 16.8 Å². The van der Waals surface area contributed by atoms with Crippen LogP contribution in [0.2, 0.25) is 0 Å². The van der Waals surface area contributed by atoms with Gasteiger partial charge in [-0.15, -0.1) is 11.8 Å². The lowest BCUT2D eigenvalue weighted by Gasteiger charge is -2.15. The van der Waals surface area contributed by atoms with Crippen molar-refractivity contribution in [3.8, 4) is 6.07 Å². The van der Waals surface area contributed by atoms with E-state index in [0.717, 1.165) is 32.4 Å². The Morgan fingerprint density at radius 2 is 1.77 bits per heavy atom. The number of methoxy groups -OCH3 is 1. The minimum absolute atomic E-state index is 0.168. The van der Waals surface area contributed by atoms with Crippen molar-refractivity contribution in [3.05, 3.63) is 76.9 Å². The van der Waals surface area contributed by atoms with E-state index in [-0.39, 0.29) is 5.75 Å². The third-order valence-corrected chi connectivity index (χ3v) is 6.53. The highest BCUT2D eigenvalue weighted by Crippen LogP contribution is 2.31. The largest absolute Gasteiger partial charge is 0.466 e. The van der Waals surface area contributed by atoms with Gasteiger partial charge in [-0.2, -0.15) is 5.26 Å². The first kappa shape index (κ1) is 27.6. The average molecular weight is 491 g/mol. The Bertz CT molecular complexity index is 1280. The zero-order chi connectivity index (χ0) is 26.0. The predicted molar refractivity (Wildman–Crippen MR) is 142 cm³/mol. The van der Waals surface area contributed by atoms with E-state index in [1.165, 1.54) is 24.9 Å². The van der Waals surface area contributed by atoms with Crippen LogP contribution in [0.15, 0.2) is 59.5 Å². The molecule has 0 heterocycles. The second kappa shape index (κ2) is 13.3. The van der Waals surface area contributed by atoms with Crippen molar-refractivity contribution in [1.29, 1.82) is 5.26 Å². The van der Waals surface area contributed by atoms with E-state index in [1.807, 2.05) is 64.1 Å². The molecule has 0 aliphatic carbocycles. The number of fused-ring (bicyclic) bond motifs is 1. The van der Waals surface area contributed by atoms with Gasteiger partial charge >= 0.3 is 5.97 Å². The lowest BCUT2D eigenvalue weighted by atomic mass is 10.0. The number of nitrogens with one attached hydrogen (secondary N) is 1. The van der Waals surface area contributed by atoms with Gasteiger partial charge in [0.15, 0.2) is 0 Å². The third-order valence-electron chi connectivity index (χ3n) is 5.38. The molecule has 35 heavy (non-hydrogen) atoms. The molecular formula is C28H30N2O4S. The first-order valence-electron chi connectivity index (χ1n) is 11.3. The number of carbonyl (C=O) groups is 2. The molecule has 2 N–H and O–H groups in total. The topological polar surface area (TPSA) is 99.4 Å². The van der Waals surface area contributed by atoms with Crippen molar-refractivity contribution in [2.45, 2.75) is 38.7 Å². The van der Waals surface area contributed by atoms with Gasteiger partial charge in [-0.3, -0.25) is 4.79 Å². The van der Waals surface area contributed by atoms with Crippen molar-refractivity contribution in [2.24, 2.45) is 0 Å². The fourth-order valence-electron chi connectivity index (χ4n) is 3.34. The van der Waals surface area contributed by atoms with Gasteiger partial charge < -0.3 is 15.2 Å². The Kier molecular flexibility index (Phi) is 10.5. The van der Waals surface area contributed by atoms with Crippen LogP contribution in [0.1, 0.15) is 36.1 Å². The summed E-state index contributed by atoms with van der Waals surface area (Å²) in [5.41, 5.74) is 3.59. The highest BCUT2D eigenvalue weighted by molar-refractivity contribution is 7.99. The fourth-order valence-corrected chi connectivity index (χ4v) is 4.34. The Labute approximate surface area is 210 Å². The zero-order valence-electron chi connectivity index (χ0n) is 20.6. The Balaban J connectivity index is 0.00000210. The number of carbonyl (C=O) groups excluding carboxylic acids is 2. The van der Waals surface area contributed by atoms with E-state index >= 15 is 0 Å². The summed E-state index contributed by atoms with van der Waals surface area (Å²) in [7, 11) is 1.33. The number of nitrogens with zero attached hydrogens (tertiary/aromatic N) is 1. The molecule has 0 radical (unpaired) electrons. The first-order valence-corrected chi connectivity index (χ1v) is 12.2. The van der Waals surface area contributed by atoms with Crippen molar-refractivity contribution in [2.75, 3.05) is 18.2 Å². The number of esters is 1. The number of hydrogen-bond acceptors (Lipinski definition) is 6. The predicted octanol–water partition coefficient (Wildman–Crippen LogP) is 5.63. The molecule has 1 atom stereocenters. The van der Waals surface area contributed by atoms with E-state index in [0.29, 0.717) is 11.3 Å². The highest BCUT2D eigenvalue weighted by atomic mass is 32.2. The van der Waals surface area contributed by atoms with E-state index in [2.05, 4.69) is 16.1 Å². The Morgan fingerprint density at radius 3 is 2.46 bits per heavy atom. The third kappa shape index (κ3) is 6.95. The molecule has 1 amide bonds. The number of rotatable bonds is 7. The second-order valence-corrected chi connectivity index (χ2v) is 8.46. The maximum atomic E-state index is 12.6. The Morgan fingerprint density at radius 1 is 1.09 bits per heavy atom. The first-order chi connectivity index (χ1) is 16.8. The standard InChI is InChI=1S/C26H24N2O4S.C2H6/c1-16-17(2)22(12-10-19(16)14-27)28-26(31)23(29)15-33-24-9-5-7-20-18(6-4-8-21(20)24)11-13-25(30)32-3;1-2/h4-13,23,29H,15H2,1-3H3,(H,28,31);1-2H3/b13-11+;. The molecule has 6 nitrogen and oxygen atoms in total. The smallest absolute Gasteiger partial charge is 0.330 e. The molecule has 0 aromatic heterocycles. The summed E-state index contributed by atoms with van der Waals surface area (Å²) in [5.74, 6) is -0.766. The van der Waals surface area contributed by atoms with Gasteiger partial charge in [-0.05, 0) is 65.6 Å². The van der Waals surface area contributed by atoms with Crippen LogP contribution in [0, 0.1) is 25.2 Å². The summed E-state index contributed by atoms with van der Waals surface area (Å²) in [6.07, 6.45) is 1.85. The number of amides is 1. The number of nitriles is 1. The van der Waals surface area contributed by atoms with E-state index in [9.17, 15) is 14.7 Å². The summed E-state index contributed by atoms with van der Waals surface area (Å²) in [6.45, 7) is 7.65. The summed E-state index contributed by atoms with van der Waals surface area (Å²) in [5, 5.41) is 24.2. The molecule has 0 fully saturated rings. The SMILES string of the molecule is CC.COC(=O)/C=C/c1cccc2c(SCC(O)C(=O)Nc3ccc(C#N)c(C)c3C)cccc12. The van der Waals surface area contributed by atoms with Crippen molar-refractivity contribution < 1.29 is 19.4 Å². The molecule has 3 rings (SSSR count). The summed E-state index contributed by atoms with van der Waals surface area (Å²) < 4.78 is 4.65. The maximum Gasteiger partial charge on any atom is 0.330 e. The quantitative estimate of drug-likeness (QED) is 0.253. The van der Waals surface area contributed by atoms with Gasteiger partial charge in [-0.25, -0.2) is 4.79 Å². The van der Waals surface area contributed by atoms with Crippen molar-refractivity contribution in [1.82, 2.24) is 0 Å². The molecule has 0 saturated carbocycles. The maximum absolute atomic E-state index is 12.6. The molecule has 182 valence electrons. The summed E-state index contributed by atoms with van der Waals surface area (Å²) in [6, 6.07) is 17.0.